The fraction of sp³-hybridized carbons (Fsp3) is 0.500. The van der Waals surface area contributed by atoms with Gasteiger partial charge in [0.2, 0.25) is 0 Å². The molecule has 2 rings (SSSR count). The Kier molecular flexibility index (Phi) is 21.7. The molecule has 0 N–H and O–H groups in total. The molecule has 0 nitrogen and oxygen atoms in total. The Morgan fingerprint density at radius 2 is 1.15 bits per heavy atom. The SMILES string of the molecule is [C-]1=CCCC1.[C-]1=CCCC1.[CH3-].[CH3-].[Zr+4]. The van der Waals surface area contributed by atoms with Gasteiger partial charge in [0.15, 0.2) is 0 Å². The van der Waals surface area contributed by atoms with E-state index in [0.29, 0.717) is 0 Å². The molecule has 0 atom stereocenters. The molecule has 2 aliphatic carbocycles. The van der Waals surface area contributed by atoms with Crippen molar-refractivity contribution in [2.75, 3.05) is 0 Å². The molecule has 13 heavy (non-hydrogen) atoms. The third-order valence-electron chi connectivity index (χ3n) is 1.63. The summed E-state index contributed by atoms with van der Waals surface area (Å²) in [4.78, 5) is 0. The summed E-state index contributed by atoms with van der Waals surface area (Å²) in [7, 11) is 0. The van der Waals surface area contributed by atoms with Gasteiger partial charge in [0.25, 0.3) is 0 Å². The largest absolute Gasteiger partial charge is 4.00 e. The third-order valence-corrected chi connectivity index (χ3v) is 1.63. The molecular formula is C12H20Zr. The molecule has 0 saturated heterocycles. The molecular weight excluding hydrogens is 235 g/mol. The zero-order valence-electron chi connectivity index (χ0n) is 8.90. The summed E-state index contributed by atoms with van der Waals surface area (Å²) >= 11 is 0. The molecule has 0 saturated carbocycles. The first-order chi connectivity index (χ1) is 5.00. The average molecular weight is 256 g/mol. The van der Waals surface area contributed by atoms with Crippen molar-refractivity contribution in [3.8, 4) is 0 Å². The van der Waals surface area contributed by atoms with Crippen molar-refractivity contribution in [1.29, 1.82) is 0 Å². The first kappa shape index (κ1) is 19.0. The predicted octanol–water partition coefficient (Wildman–Crippen LogP) is 3.96. The van der Waals surface area contributed by atoms with Crippen molar-refractivity contribution in [2.45, 2.75) is 38.5 Å². The van der Waals surface area contributed by atoms with E-state index in [1.165, 1.54) is 38.5 Å². The molecule has 0 spiro atoms. The van der Waals surface area contributed by atoms with Crippen LogP contribution in [-0.2, 0) is 26.2 Å². The van der Waals surface area contributed by atoms with Crippen LogP contribution in [0.4, 0.5) is 0 Å². The van der Waals surface area contributed by atoms with Crippen molar-refractivity contribution in [3.05, 3.63) is 39.2 Å². The van der Waals surface area contributed by atoms with Gasteiger partial charge in [0, 0.05) is 0 Å². The molecule has 0 amide bonds. The molecule has 0 aliphatic heterocycles. The molecule has 2 aliphatic rings. The normalized spacial score (nSPS) is 16.0. The quantitative estimate of drug-likeness (QED) is 0.575. The summed E-state index contributed by atoms with van der Waals surface area (Å²) in [6, 6.07) is 0. The van der Waals surface area contributed by atoms with Gasteiger partial charge < -0.3 is 27.0 Å². The first-order valence-corrected chi connectivity index (χ1v) is 4.10. The molecule has 0 bridgehead atoms. The van der Waals surface area contributed by atoms with Crippen LogP contribution in [0.3, 0.4) is 0 Å². The van der Waals surface area contributed by atoms with E-state index in [9.17, 15) is 0 Å². The number of hydrogen-bond acceptors (Lipinski definition) is 0. The number of rotatable bonds is 0. The van der Waals surface area contributed by atoms with Gasteiger partial charge in [-0.15, -0.1) is 0 Å². The maximum Gasteiger partial charge on any atom is 4.00 e. The molecule has 0 radical (unpaired) electrons. The summed E-state index contributed by atoms with van der Waals surface area (Å²) in [5, 5.41) is 0. The van der Waals surface area contributed by atoms with Crippen LogP contribution in [0.5, 0.6) is 0 Å². The second-order valence-corrected chi connectivity index (χ2v) is 2.60. The first-order valence-electron chi connectivity index (χ1n) is 4.10. The molecule has 0 unspecified atom stereocenters. The van der Waals surface area contributed by atoms with Crippen LogP contribution in [0.15, 0.2) is 12.2 Å². The minimum absolute atomic E-state index is 0. The van der Waals surface area contributed by atoms with Crippen LogP contribution >= 0.6 is 0 Å². The van der Waals surface area contributed by atoms with E-state index in [4.69, 9.17) is 0 Å². The Hall–Kier alpha value is 0.363. The second kappa shape index (κ2) is 14.9. The van der Waals surface area contributed by atoms with E-state index in [0.717, 1.165) is 0 Å². The minimum Gasteiger partial charge on any atom is -0.501 e. The van der Waals surface area contributed by atoms with Gasteiger partial charge in [-0.05, 0) is 0 Å². The molecule has 1 heteroatoms. The molecule has 0 aromatic heterocycles. The predicted molar refractivity (Wildman–Crippen MR) is 56.2 cm³/mol. The summed E-state index contributed by atoms with van der Waals surface area (Å²) in [5.74, 6) is 0. The Morgan fingerprint density at radius 3 is 1.23 bits per heavy atom. The van der Waals surface area contributed by atoms with Gasteiger partial charge in [-0.1, -0.05) is 25.7 Å². The molecule has 0 heterocycles. The average Bonchev–Trinajstić information content (AvgIpc) is 2.67. The molecule has 0 aromatic rings. The van der Waals surface area contributed by atoms with Crippen molar-refractivity contribution in [2.24, 2.45) is 0 Å². The van der Waals surface area contributed by atoms with E-state index in [2.05, 4.69) is 24.3 Å². The van der Waals surface area contributed by atoms with Crippen LogP contribution in [0.1, 0.15) is 38.5 Å². The summed E-state index contributed by atoms with van der Waals surface area (Å²) in [6.07, 6.45) is 18.0. The Morgan fingerprint density at radius 1 is 0.769 bits per heavy atom. The van der Waals surface area contributed by atoms with Crippen molar-refractivity contribution >= 4 is 0 Å². The van der Waals surface area contributed by atoms with Gasteiger partial charge in [-0.2, -0.15) is 12.8 Å². The zero-order valence-corrected chi connectivity index (χ0v) is 11.4. The van der Waals surface area contributed by atoms with Gasteiger partial charge in [0.05, 0.1) is 0 Å². The van der Waals surface area contributed by atoms with E-state index in [-0.39, 0.29) is 41.1 Å². The molecule has 72 valence electrons. The smallest absolute Gasteiger partial charge is 0.501 e. The number of allylic oxidation sites excluding steroid dienone is 4. The fourth-order valence-electron chi connectivity index (χ4n) is 1.02. The van der Waals surface area contributed by atoms with E-state index in [1.807, 2.05) is 0 Å². The summed E-state index contributed by atoms with van der Waals surface area (Å²) in [6.45, 7) is 0. The summed E-state index contributed by atoms with van der Waals surface area (Å²) < 4.78 is 0. The monoisotopic (exact) mass is 254 g/mol. The van der Waals surface area contributed by atoms with Crippen LogP contribution in [0.25, 0.3) is 0 Å². The zero-order chi connectivity index (χ0) is 7.07. The third kappa shape index (κ3) is 12.4. The maximum atomic E-state index is 3.10. The topological polar surface area (TPSA) is 0 Å². The van der Waals surface area contributed by atoms with Gasteiger partial charge in [-0.25, -0.2) is 0 Å². The summed E-state index contributed by atoms with van der Waals surface area (Å²) in [5.41, 5.74) is 0. The Bertz CT molecular complexity index is 97.1. The molecule has 0 fully saturated rings. The Balaban J connectivity index is -0.000000125. The maximum absolute atomic E-state index is 3.10. The fourth-order valence-corrected chi connectivity index (χ4v) is 1.02. The van der Waals surface area contributed by atoms with Crippen LogP contribution in [-0.4, -0.2) is 0 Å². The van der Waals surface area contributed by atoms with Crippen LogP contribution in [0, 0.1) is 27.0 Å². The van der Waals surface area contributed by atoms with Gasteiger partial charge in [0.1, 0.15) is 0 Å². The number of hydrogen-bond donors (Lipinski definition) is 0. The second-order valence-electron chi connectivity index (χ2n) is 2.60. The van der Waals surface area contributed by atoms with Crippen LogP contribution < -0.4 is 0 Å². The van der Waals surface area contributed by atoms with E-state index in [1.54, 1.807) is 0 Å². The van der Waals surface area contributed by atoms with Gasteiger partial charge in [-0.3, -0.25) is 12.2 Å². The molecule has 0 aromatic carbocycles. The van der Waals surface area contributed by atoms with E-state index < -0.39 is 0 Å². The van der Waals surface area contributed by atoms with Gasteiger partial charge >= 0.3 is 26.2 Å². The minimum atomic E-state index is 0. The van der Waals surface area contributed by atoms with Crippen LogP contribution in [0.2, 0.25) is 0 Å². The Labute approximate surface area is 104 Å². The van der Waals surface area contributed by atoms with E-state index >= 15 is 0 Å². The van der Waals surface area contributed by atoms with Crippen molar-refractivity contribution in [3.63, 3.8) is 0 Å². The van der Waals surface area contributed by atoms with Crippen molar-refractivity contribution in [1.82, 2.24) is 0 Å². The van der Waals surface area contributed by atoms with Crippen molar-refractivity contribution < 1.29 is 26.2 Å². The standard InChI is InChI=1S/2C5H7.2CH3.Zr/c2*1-2-4-5-3-1;;;/h2*1H,2,4-5H2;2*1H3;/q4*-1;+4.